The van der Waals surface area contributed by atoms with Crippen molar-refractivity contribution in [1.29, 1.82) is 0 Å². The lowest BCUT2D eigenvalue weighted by atomic mass is 10.1. The van der Waals surface area contributed by atoms with Crippen LogP contribution in [0.1, 0.15) is 12.5 Å². The van der Waals surface area contributed by atoms with Crippen LogP contribution in [0.4, 0.5) is 5.69 Å². The van der Waals surface area contributed by atoms with Crippen LogP contribution >= 0.6 is 0 Å². The maximum Gasteiger partial charge on any atom is 0.323 e. The molecule has 0 aromatic heterocycles. The van der Waals surface area contributed by atoms with Gasteiger partial charge in [0.05, 0.1) is 6.61 Å². The second kappa shape index (κ2) is 5.36. The summed E-state index contributed by atoms with van der Waals surface area (Å²) in [5.41, 5.74) is 12.9. The monoisotopic (exact) mass is 208 g/mol. The number of carbonyl (C=O) groups excluding carboxylic acids is 1. The summed E-state index contributed by atoms with van der Waals surface area (Å²) in [5.74, 6) is -0.366. The number of nitrogen functional groups attached to an aromatic ring is 1. The summed E-state index contributed by atoms with van der Waals surface area (Å²) in [6.07, 6.45) is 0.471. The molecule has 0 radical (unpaired) electrons. The van der Waals surface area contributed by atoms with E-state index >= 15 is 0 Å². The number of rotatable bonds is 4. The van der Waals surface area contributed by atoms with E-state index in [1.54, 1.807) is 19.1 Å². The number of esters is 1. The van der Waals surface area contributed by atoms with Gasteiger partial charge in [-0.1, -0.05) is 12.1 Å². The van der Waals surface area contributed by atoms with E-state index in [4.69, 9.17) is 16.2 Å². The predicted octanol–water partition coefficient (Wildman–Crippen LogP) is 0.702. The van der Waals surface area contributed by atoms with Crippen LogP contribution in [0.5, 0.6) is 0 Å². The first-order valence-electron chi connectivity index (χ1n) is 4.90. The molecule has 0 unspecified atom stereocenters. The van der Waals surface area contributed by atoms with Crippen LogP contribution in [0.2, 0.25) is 0 Å². The van der Waals surface area contributed by atoms with Crippen molar-refractivity contribution in [2.75, 3.05) is 12.3 Å². The van der Waals surface area contributed by atoms with Gasteiger partial charge in [0, 0.05) is 5.69 Å². The highest BCUT2D eigenvalue weighted by atomic mass is 16.5. The Hall–Kier alpha value is -1.55. The Balaban J connectivity index is 2.54. The van der Waals surface area contributed by atoms with Gasteiger partial charge in [0.2, 0.25) is 0 Å². The normalized spacial score (nSPS) is 12.1. The van der Waals surface area contributed by atoms with Crippen molar-refractivity contribution < 1.29 is 9.53 Å². The highest BCUT2D eigenvalue weighted by molar-refractivity contribution is 5.75. The van der Waals surface area contributed by atoms with Crippen molar-refractivity contribution in [1.82, 2.24) is 0 Å². The minimum atomic E-state index is -0.603. The first kappa shape index (κ1) is 11.5. The molecule has 0 aliphatic carbocycles. The van der Waals surface area contributed by atoms with Gasteiger partial charge in [-0.2, -0.15) is 0 Å². The van der Waals surface area contributed by atoms with Crippen LogP contribution in [0.3, 0.4) is 0 Å². The van der Waals surface area contributed by atoms with Gasteiger partial charge >= 0.3 is 5.97 Å². The van der Waals surface area contributed by atoms with Crippen LogP contribution in [0.25, 0.3) is 0 Å². The number of carbonyl (C=O) groups is 1. The van der Waals surface area contributed by atoms with E-state index < -0.39 is 6.04 Å². The van der Waals surface area contributed by atoms with Gasteiger partial charge in [-0.3, -0.25) is 4.79 Å². The third-order valence-electron chi connectivity index (χ3n) is 2.02. The molecule has 0 amide bonds. The molecule has 1 aromatic rings. The summed E-state index contributed by atoms with van der Waals surface area (Å²) in [7, 11) is 0. The van der Waals surface area contributed by atoms with Crippen LogP contribution < -0.4 is 11.5 Å². The molecule has 15 heavy (non-hydrogen) atoms. The fourth-order valence-electron chi connectivity index (χ4n) is 1.24. The first-order chi connectivity index (χ1) is 7.13. The number of nitrogens with two attached hydrogens (primary N) is 2. The predicted molar refractivity (Wildman–Crippen MR) is 59.2 cm³/mol. The summed E-state index contributed by atoms with van der Waals surface area (Å²) in [4.78, 5) is 11.2. The summed E-state index contributed by atoms with van der Waals surface area (Å²) in [6, 6.07) is 6.68. The van der Waals surface area contributed by atoms with Gasteiger partial charge in [0.15, 0.2) is 0 Å². The van der Waals surface area contributed by atoms with Crippen LogP contribution in [0.15, 0.2) is 24.3 Å². The molecule has 82 valence electrons. The van der Waals surface area contributed by atoms with Gasteiger partial charge in [0.25, 0.3) is 0 Å². The molecular weight excluding hydrogens is 192 g/mol. The zero-order chi connectivity index (χ0) is 11.3. The van der Waals surface area contributed by atoms with E-state index in [-0.39, 0.29) is 5.97 Å². The smallest absolute Gasteiger partial charge is 0.323 e. The molecule has 0 heterocycles. The molecule has 1 rings (SSSR count). The number of ether oxygens (including phenoxy) is 1. The van der Waals surface area contributed by atoms with Crippen molar-refractivity contribution in [3.05, 3.63) is 29.8 Å². The molecule has 0 spiro atoms. The molecule has 0 aliphatic heterocycles. The molecule has 4 nitrogen and oxygen atoms in total. The fourth-order valence-corrected chi connectivity index (χ4v) is 1.24. The Kier molecular flexibility index (Phi) is 4.12. The Morgan fingerprint density at radius 3 is 2.53 bits per heavy atom. The minimum absolute atomic E-state index is 0.355. The molecule has 4 heteroatoms. The quantitative estimate of drug-likeness (QED) is 0.564. The lowest BCUT2D eigenvalue weighted by molar-refractivity contribution is -0.144. The Morgan fingerprint density at radius 1 is 1.40 bits per heavy atom. The third kappa shape index (κ3) is 3.59. The van der Waals surface area contributed by atoms with Gasteiger partial charge in [-0.15, -0.1) is 0 Å². The number of hydrogen-bond acceptors (Lipinski definition) is 4. The van der Waals surface area contributed by atoms with Crippen LogP contribution in [-0.2, 0) is 16.0 Å². The van der Waals surface area contributed by atoms with E-state index in [0.717, 1.165) is 5.56 Å². The molecule has 0 bridgehead atoms. The standard InChI is InChI=1S/C11H16N2O2/c1-2-15-11(14)10(13)7-8-3-5-9(12)6-4-8/h3-6,10H,2,7,12-13H2,1H3/t10-/m1/s1. The number of anilines is 1. The topological polar surface area (TPSA) is 78.3 Å². The molecule has 0 saturated carbocycles. The second-order valence-corrected chi connectivity index (χ2v) is 3.30. The largest absolute Gasteiger partial charge is 0.465 e. The lowest BCUT2D eigenvalue weighted by Gasteiger charge is -2.10. The summed E-state index contributed by atoms with van der Waals surface area (Å²) < 4.78 is 4.81. The number of benzene rings is 1. The molecule has 0 aliphatic rings. The highest BCUT2D eigenvalue weighted by Crippen LogP contribution is 2.07. The van der Waals surface area contributed by atoms with E-state index in [2.05, 4.69) is 0 Å². The Bertz CT molecular complexity index is 322. The van der Waals surface area contributed by atoms with Gasteiger partial charge in [-0.25, -0.2) is 0 Å². The Labute approximate surface area is 89.2 Å². The van der Waals surface area contributed by atoms with E-state index in [1.807, 2.05) is 12.1 Å². The van der Waals surface area contributed by atoms with Gasteiger partial charge in [-0.05, 0) is 31.0 Å². The number of hydrogen-bond donors (Lipinski definition) is 2. The third-order valence-corrected chi connectivity index (χ3v) is 2.02. The zero-order valence-electron chi connectivity index (χ0n) is 8.77. The highest BCUT2D eigenvalue weighted by Gasteiger charge is 2.14. The zero-order valence-corrected chi connectivity index (χ0v) is 8.77. The van der Waals surface area contributed by atoms with Gasteiger partial charge in [0.1, 0.15) is 6.04 Å². The van der Waals surface area contributed by atoms with E-state index in [0.29, 0.717) is 18.7 Å². The SMILES string of the molecule is CCOC(=O)[C@H](N)Cc1ccc(N)cc1. The molecule has 1 atom stereocenters. The molecule has 0 saturated heterocycles. The first-order valence-corrected chi connectivity index (χ1v) is 4.90. The second-order valence-electron chi connectivity index (χ2n) is 3.30. The maximum absolute atomic E-state index is 11.2. The van der Waals surface area contributed by atoms with Gasteiger partial charge < -0.3 is 16.2 Å². The van der Waals surface area contributed by atoms with Crippen molar-refractivity contribution in [3.8, 4) is 0 Å². The van der Waals surface area contributed by atoms with Crippen molar-refractivity contribution in [2.45, 2.75) is 19.4 Å². The summed E-state index contributed by atoms with van der Waals surface area (Å²) in [6.45, 7) is 2.11. The average molecular weight is 208 g/mol. The molecule has 0 fully saturated rings. The van der Waals surface area contributed by atoms with Crippen molar-refractivity contribution in [3.63, 3.8) is 0 Å². The maximum atomic E-state index is 11.2. The van der Waals surface area contributed by atoms with Crippen molar-refractivity contribution in [2.24, 2.45) is 5.73 Å². The summed E-state index contributed by atoms with van der Waals surface area (Å²) >= 11 is 0. The average Bonchev–Trinajstić information content (AvgIpc) is 2.22. The molecule has 1 aromatic carbocycles. The van der Waals surface area contributed by atoms with Crippen LogP contribution in [0, 0.1) is 0 Å². The molecular formula is C11H16N2O2. The summed E-state index contributed by atoms with van der Waals surface area (Å²) in [5, 5.41) is 0. The van der Waals surface area contributed by atoms with Crippen molar-refractivity contribution >= 4 is 11.7 Å². The van der Waals surface area contributed by atoms with E-state index in [9.17, 15) is 4.79 Å². The minimum Gasteiger partial charge on any atom is -0.465 e. The Morgan fingerprint density at radius 2 is 2.00 bits per heavy atom. The fraction of sp³-hybridized carbons (Fsp3) is 0.364. The lowest BCUT2D eigenvalue weighted by Crippen LogP contribution is -2.34. The van der Waals surface area contributed by atoms with E-state index in [1.165, 1.54) is 0 Å². The van der Waals surface area contributed by atoms with Crippen LogP contribution in [-0.4, -0.2) is 18.6 Å². The molecule has 4 N–H and O–H groups in total.